The summed E-state index contributed by atoms with van der Waals surface area (Å²) in [6.45, 7) is 5.58. The first kappa shape index (κ1) is 20.9. The smallest absolute Gasteiger partial charge is 0.419 e. The van der Waals surface area contributed by atoms with Gasteiger partial charge in [-0.05, 0) is 50.8 Å². The Morgan fingerprint density at radius 3 is 2.32 bits per heavy atom. The highest BCUT2D eigenvalue weighted by Gasteiger charge is 2.32. The topological polar surface area (TPSA) is 57.5 Å². The Morgan fingerprint density at radius 2 is 1.65 bits per heavy atom. The highest BCUT2D eigenvalue weighted by atomic mass is 16.6. The van der Waals surface area contributed by atoms with Crippen LogP contribution >= 0.6 is 0 Å². The van der Waals surface area contributed by atoms with Crippen LogP contribution in [0.1, 0.15) is 49.9 Å². The second kappa shape index (κ2) is 8.06. The average molecular weight is 418 g/mol. The number of carbonyl (C=O) groups is 2. The van der Waals surface area contributed by atoms with Crippen LogP contribution in [0.5, 0.6) is 0 Å². The van der Waals surface area contributed by atoms with E-state index in [1.54, 1.807) is 4.57 Å². The van der Waals surface area contributed by atoms with Crippen LogP contribution in [0.3, 0.4) is 0 Å². The average Bonchev–Trinajstić information content (AvgIpc) is 2.94. The van der Waals surface area contributed by atoms with Crippen LogP contribution in [0, 0.1) is 0 Å². The van der Waals surface area contributed by atoms with Crippen molar-refractivity contribution in [2.45, 2.75) is 45.1 Å². The summed E-state index contributed by atoms with van der Waals surface area (Å²) in [5, 5.41) is 1.00. The maximum Gasteiger partial charge on any atom is 0.419 e. The molecule has 3 aromatic rings. The van der Waals surface area contributed by atoms with Crippen molar-refractivity contribution in [3.63, 3.8) is 0 Å². The number of hydrogen-bond acceptors (Lipinski definition) is 4. The molecular formula is C26H27NO4. The zero-order chi connectivity index (χ0) is 22.2. The molecule has 0 fully saturated rings. The number of para-hydroxylation sites is 1. The number of esters is 1. The summed E-state index contributed by atoms with van der Waals surface area (Å²) in [6.07, 6.45) is 2.70. The highest BCUT2D eigenvalue weighted by Crippen LogP contribution is 2.40. The molecule has 1 aliphatic carbocycles. The van der Waals surface area contributed by atoms with Gasteiger partial charge in [-0.25, -0.2) is 14.2 Å². The van der Waals surface area contributed by atoms with Crippen LogP contribution in [0.25, 0.3) is 10.9 Å². The molecule has 160 valence electrons. The molecule has 5 heteroatoms. The van der Waals surface area contributed by atoms with Crippen LogP contribution in [-0.4, -0.2) is 29.3 Å². The molecule has 5 nitrogen and oxygen atoms in total. The fourth-order valence-corrected chi connectivity index (χ4v) is 4.26. The van der Waals surface area contributed by atoms with E-state index in [0.29, 0.717) is 18.4 Å². The van der Waals surface area contributed by atoms with Gasteiger partial charge in [-0.15, -0.1) is 0 Å². The molecule has 0 spiro atoms. The van der Waals surface area contributed by atoms with Gasteiger partial charge in [-0.3, -0.25) is 0 Å². The molecule has 0 bridgehead atoms. The number of aromatic nitrogens is 1. The Morgan fingerprint density at radius 1 is 0.968 bits per heavy atom. The SMILES string of the molecule is COC(=O)C1=C[C@@H](c2ccccc2)c2c(c3ccccc3n2C(=O)OC(C)(C)C)CC1. The molecule has 0 unspecified atom stereocenters. The minimum absolute atomic E-state index is 0.285. The number of allylic oxidation sites excluding steroid dienone is 1. The number of ether oxygens (including phenoxy) is 2. The van der Waals surface area contributed by atoms with Crippen molar-refractivity contribution >= 4 is 23.0 Å². The van der Waals surface area contributed by atoms with E-state index >= 15 is 0 Å². The molecule has 0 N–H and O–H groups in total. The number of hydrogen-bond donors (Lipinski definition) is 0. The molecule has 0 radical (unpaired) electrons. The first-order valence-electron chi connectivity index (χ1n) is 10.5. The number of nitrogens with zero attached hydrogens (tertiary/aromatic N) is 1. The van der Waals surface area contributed by atoms with Gasteiger partial charge in [-0.1, -0.05) is 54.6 Å². The second-order valence-corrected chi connectivity index (χ2v) is 8.77. The zero-order valence-corrected chi connectivity index (χ0v) is 18.3. The Kier molecular flexibility index (Phi) is 5.44. The van der Waals surface area contributed by atoms with E-state index in [0.717, 1.165) is 27.7 Å². The van der Waals surface area contributed by atoms with Crippen LogP contribution in [-0.2, 0) is 20.7 Å². The van der Waals surface area contributed by atoms with Crippen molar-refractivity contribution < 1.29 is 19.1 Å². The van der Waals surface area contributed by atoms with E-state index in [1.165, 1.54) is 7.11 Å². The highest BCUT2D eigenvalue weighted by molar-refractivity contribution is 5.95. The maximum absolute atomic E-state index is 13.4. The van der Waals surface area contributed by atoms with E-state index in [9.17, 15) is 9.59 Å². The molecule has 0 saturated heterocycles. The van der Waals surface area contributed by atoms with Crippen LogP contribution in [0.2, 0.25) is 0 Å². The van der Waals surface area contributed by atoms with Crippen LogP contribution in [0.4, 0.5) is 4.79 Å². The van der Waals surface area contributed by atoms with Crippen molar-refractivity contribution in [2.24, 2.45) is 0 Å². The third kappa shape index (κ3) is 4.00. The molecule has 1 atom stereocenters. The van der Waals surface area contributed by atoms with Crippen LogP contribution < -0.4 is 0 Å². The van der Waals surface area contributed by atoms with Gasteiger partial charge in [-0.2, -0.15) is 0 Å². The molecule has 2 aromatic carbocycles. The van der Waals surface area contributed by atoms with E-state index in [2.05, 4.69) is 0 Å². The Bertz CT molecular complexity index is 1170. The minimum Gasteiger partial charge on any atom is -0.466 e. The van der Waals surface area contributed by atoms with E-state index in [1.807, 2.05) is 81.4 Å². The van der Waals surface area contributed by atoms with Gasteiger partial charge in [0.25, 0.3) is 0 Å². The standard InChI is InChI=1S/C26H27NO4/c1-26(2,3)31-25(29)27-22-13-9-8-12-19(22)20-15-14-18(24(28)30-4)16-21(23(20)27)17-10-6-5-7-11-17/h5-13,16,21H,14-15H2,1-4H3/t21-/m0/s1. The summed E-state index contributed by atoms with van der Waals surface area (Å²) < 4.78 is 12.5. The van der Waals surface area contributed by atoms with E-state index in [4.69, 9.17) is 9.47 Å². The quantitative estimate of drug-likeness (QED) is 0.509. The van der Waals surface area contributed by atoms with E-state index < -0.39 is 11.7 Å². The molecule has 1 heterocycles. The largest absolute Gasteiger partial charge is 0.466 e. The Balaban J connectivity index is 2.01. The lowest BCUT2D eigenvalue weighted by Crippen LogP contribution is -2.28. The minimum atomic E-state index is -0.630. The molecule has 0 amide bonds. The number of methoxy groups -OCH3 is 1. The molecule has 1 aliphatic rings. The first-order chi connectivity index (χ1) is 14.8. The summed E-state index contributed by atoms with van der Waals surface area (Å²) in [4.78, 5) is 25.8. The lowest BCUT2D eigenvalue weighted by atomic mass is 9.92. The molecular weight excluding hydrogens is 390 g/mol. The summed E-state index contributed by atoms with van der Waals surface area (Å²) in [7, 11) is 1.40. The molecule has 31 heavy (non-hydrogen) atoms. The molecule has 0 saturated carbocycles. The molecule has 1 aromatic heterocycles. The zero-order valence-electron chi connectivity index (χ0n) is 18.3. The van der Waals surface area contributed by atoms with Gasteiger partial charge in [0.15, 0.2) is 0 Å². The first-order valence-corrected chi connectivity index (χ1v) is 10.5. The lowest BCUT2D eigenvalue weighted by molar-refractivity contribution is -0.136. The van der Waals surface area contributed by atoms with Crippen molar-refractivity contribution in [1.29, 1.82) is 0 Å². The summed E-state index contributed by atoms with van der Waals surface area (Å²) in [5.41, 5.74) is 3.71. The second-order valence-electron chi connectivity index (χ2n) is 8.77. The van der Waals surface area contributed by atoms with Gasteiger partial charge in [0.05, 0.1) is 12.6 Å². The lowest BCUT2D eigenvalue weighted by Gasteiger charge is -2.23. The normalized spacial score (nSPS) is 16.3. The van der Waals surface area contributed by atoms with E-state index in [-0.39, 0.29) is 11.9 Å². The van der Waals surface area contributed by atoms with Crippen LogP contribution in [0.15, 0.2) is 66.2 Å². The third-order valence-corrected chi connectivity index (χ3v) is 5.51. The number of aryl methyl sites for hydroxylation is 1. The fraction of sp³-hybridized carbons (Fsp3) is 0.308. The van der Waals surface area contributed by atoms with Gasteiger partial charge in [0, 0.05) is 22.6 Å². The maximum atomic E-state index is 13.4. The Labute approximate surface area is 182 Å². The molecule has 4 rings (SSSR count). The van der Waals surface area contributed by atoms with Gasteiger partial charge in [0.2, 0.25) is 0 Å². The van der Waals surface area contributed by atoms with Crippen molar-refractivity contribution in [3.05, 3.63) is 83.1 Å². The fourth-order valence-electron chi connectivity index (χ4n) is 4.26. The van der Waals surface area contributed by atoms with Gasteiger partial charge in [0.1, 0.15) is 5.60 Å². The van der Waals surface area contributed by atoms with Crippen molar-refractivity contribution in [1.82, 2.24) is 4.57 Å². The number of fused-ring (bicyclic) bond motifs is 3. The number of carbonyl (C=O) groups excluding carboxylic acids is 2. The van der Waals surface area contributed by atoms with Crippen molar-refractivity contribution in [2.75, 3.05) is 7.11 Å². The number of rotatable bonds is 2. The summed E-state index contributed by atoms with van der Waals surface area (Å²) in [6, 6.07) is 17.8. The summed E-state index contributed by atoms with van der Waals surface area (Å²) >= 11 is 0. The van der Waals surface area contributed by atoms with Crippen molar-refractivity contribution in [3.8, 4) is 0 Å². The van der Waals surface area contributed by atoms with Gasteiger partial charge < -0.3 is 9.47 Å². The molecule has 0 aliphatic heterocycles. The summed E-state index contributed by atoms with van der Waals surface area (Å²) in [5.74, 6) is -0.619. The Hall–Kier alpha value is -3.34. The predicted molar refractivity (Wildman–Crippen MR) is 120 cm³/mol. The number of benzene rings is 2. The monoisotopic (exact) mass is 417 g/mol. The third-order valence-electron chi connectivity index (χ3n) is 5.51. The van der Waals surface area contributed by atoms with Gasteiger partial charge >= 0.3 is 12.1 Å². The predicted octanol–water partition coefficient (Wildman–Crippen LogP) is 5.60.